The zero-order valence-corrected chi connectivity index (χ0v) is 20.1. The van der Waals surface area contributed by atoms with E-state index < -0.39 is 0 Å². The lowest BCUT2D eigenvalue weighted by Gasteiger charge is -2.17. The summed E-state index contributed by atoms with van der Waals surface area (Å²) in [5, 5.41) is 3.87. The fraction of sp³-hybridized carbons (Fsp3) is 0.0714. The van der Waals surface area contributed by atoms with E-state index in [1.165, 1.54) is 11.8 Å². The summed E-state index contributed by atoms with van der Waals surface area (Å²) in [4.78, 5) is 24.6. The lowest BCUT2D eigenvalue weighted by Crippen LogP contribution is -2.29. The molecule has 0 radical (unpaired) electrons. The van der Waals surface area contributed by atoms with Gasteiger partial charge < -0.3 is 4.90 Å². The van der Waals surface area contributed by atoms with E-state index in [2.05, 4.69) is 35.2 Å². The van der Waals surface area contributed by atoms with Gasteiger partial charge >= 0.3 is 0 Å². The van der Waals surface area contributed by atoms with E-state index >= 15 is 0 Å². The number of amides is 1. The van der Waals surface area contributed by atoms with Crippen molar-refractivity contribution in [2.75, 3.05) is 11.9 Å². The zero-order valence-electron chi connectivity index (χ0n) is 18.5. The number of amidine groups is 1. The van der Waals surface area contributed by atoms with Crippen LogP contribution in [0.25, 0.3) is 10.8 Å². The number of benzene rings is 4. The van der Waals surface area contributed by atoms with Gasteiger partial charge in [-0.05, 0) is 40.9 Å². The van der Waals surface area contributed by atoms with Crippen LogP contribution in [0.5, 0.6) is 0 Å². The van der Waals surface area contributed by atoms with Gasteiger partial charge in [0.15, 0.2) is 5.17 Å². The van der Waals surface area contributed by atoms with Crippen molar-refractivity contribution >= 4 is 56.7 Å². The van der Waals surface area contributed by atoms with Crippen LogP contribution < -0.4 is 4.90 Å². The highest BCUT2D eigenvalue weighted by Crippen LogP contribution is 2.50. The first kappa shape index (κ1) is 21.1. The van der Waals surface area contributed by atoms with E-state index in [1.807, 2.05) is 78.7 Å². The maximum absolute atomic E-state index is 13.8. The SMILES string of the molecule is CN1/C(=C2\SC(=Nc3cccc4ccccc34)N(Cc3ccccc3)C2=O)Sc2ccccc21. The first-order valence-electron chi connectivity index (χ1n) is 11.0. The number of anilines is 1. The fourth-order valence-electron chi connectivity index (χ4n) is 4.23. The number of nitrogens with zero attached hydrogens (tertiary/aromatic N) is 3. The Morgan fingerprint density at radius 3 is 2.38 bits per heavy atom. The zero-order chi connectivity index (χ0) is 23.1. The van der Waals surface area contributed by atoms with E-state index in [0.717, 1.165) is 42.5 Å². The lowest BCUT2D eigenvalue weighted by molar-refractivity contribution is -0.122. The van der Waals surface area contributed by atoms with Crippen LogP contribution in [0.1, 0.15) is 5.56 Å². The van der Waals surface area contributed by atoms with Crippen molar-refractivity contribution < 1.29 is 4.79 Å². The molecule has 4 aromatic carbocycles. The predicted molar refractivity (Wildman–Crippen MR) is 143 cm³/mol. The first-order chi connectivity index (χ1) is 16.7. The van der Waals surface area contributed by atoms with Crippen molar-refractivity contribution in [1.29, 1.82) is 0 Å². The third-order valence-corrected chi connectivity index (χ3v) is 8.39. The monoisotopic (exact) mass is 479 g/mol. The maximum atomic E-state index is 13.8. The molecular weight excluding hydrogens is 458 g/mol. The molecule has 0 atom stereocenters. The van der Waals surface area contributed by atoms with E-state index in [1.54, 1.807) is 11.8 Å². The van der Waals surface area contributed by atoms with Crippen LogP contribution in [0.3, 0.4) is 0 Å². The molecule has 4 aromatic rings. The molecule has 0 bridgehead atoms. The molecule has 2 aliphatic rings. The summed E-state index contributed by atoms with van der Waals surface area (Å²) in [5.41, 5.74) is 3.06. The predicted octanol–water partition coefficient (Wildman–Crippen LogP) is 7.01. The van der Waals surface area contributed by atoms with Gasteiger partial charge in [0.2, 0.25) is 0 Å². The van der Waals surface area contributed by atoms with E-state index in [4.69, 9.17) is 4.99 Å². The first-order valence-corrected chi connectivity index (χ1v) is 12.7. The highest BCUT2D eigenvalue weighted by Gasteiger charge is 2.39. The second kappa shape index (κ2) is 8.70. The van der Waals surface area contributed by atoms with Gasteiger partial charge in [-0.2, -0.15) is 0 Å². The van der Waals surface area contributed by atoms with E-state index in [-0.39, 0.29) is 5.91 Å². The second-order valence-corrected chi connectivity index (χ2v) is 10.1. The molecule has 0 aliphatic carbocycles. The third-order valence-electron chi connectivity index (χ3n) is 5.96. The van der Waals surface area contributed by atoms with Gasteiger partial charge in [-0.3, -0.25) is 9.69 Å². The van der Waals surface area contributed by atoms with Gasteiger partial charge in [-0.25, -0.2) is 4.99 Å². The van der Waals surface area contributed by atoms with Gasteiger partial charge in [0.1, 0.15) is 4.91 Å². The van der Waals surface area contributed by atoms with Crippen LogP contribution in [0, 0.1) is 0 Å². The number of aliphatic imine (C=N–C) groups is 1. The molecule has 1 saturated heterocycles. The quantitative estimate of drug-likeness (QED) is 0.296. The molecule has 1 fully saturated rings. The number of hydrogen-bond acceptors (Lipinski definition) is 5. The minimum atomic E-state index is -0.00463. The molecule has 0 unspecified atom stereocenters. The van der Waals surface area contributed by atoms with Gasteiger partial charge in [0.05, 0.1) is 22.9 Å². The average Bonchev–Trinajstić information content (AvgIpc) is 3.36. The van der Waals surface area contributed by atoms with Crippen LogP contribution >= 0.6 is 23.5 Å². The number of thioether (sulfide) groups is 2. The third kappa shape index (κ3) is 3.69. The van der Waals surface area contributed by atoms with Gasteiger partial charge in [-0.15, -0.1) is 0 Å². The molecule has 6 rings (SSSR count). The number of carbonyl (C=O) groups is 1. The molecule has 4 nitrogen and oxygen atoms in total. The number of hydrogen-bond donors (Lipinski definition) is 0. The highest BCUT2D eigenvalue weighted by atomic mass is 32.2. The molecule has 2 aliphatic heterocycles. The Morgan fingerprint density at radius 2 is 1.53 bits per heavy atom. The Bertz CT molecular complexity index is 1470. The smallest absolute Gasteiger partial charge is 0.269 e. The molecular formula is C28H21N3OS2. The van der Waals surface area contributed by atoms with Crippen molar-refractivity contribution in [3.8, 4) is 0 Å². The number of rotatable bonds is 3. The second-order valence-electron chi connectivity index (χ2n) is 8.13. The maximum Gasteiger partial charge on any atom is 0.269 e. The Morgan fingerprint density at radius 1 is 0.794 bits per heavy atom. The standard InChI is InChI=1S/C28H21N3OS2/c1-30-23-16-7-8-17-24(23)33-27(30)25-26(32)31(18-19-10-3-2-4-11-19)28(34-25)29-22-15-9-13-20-12-5-6-14-21(20)22/h2-17H,18H2,1H3/b27-25+,29-28?. The number of carbonyl (C=O) groups excluding carboxylic acids is 1. The topological polar surface area (TPSA) is 35.9 Å². The highest BCUT2D eigenvalue weighted by molar-refractivity contribution is 8.19. The van der Waals surface area contributed by atoms with E-state index in [0.29, 0.717) is 11.7 Å². The minimum absolute atomic E-state index is 0.00463. The molecule has 6 heteroatoms. The summed E-state index contributed by atoms with van der Waals surface area (Å²) in [6.07, 6.45) is 0. The summed E-state index contributed by atoms with van der Waals surface area (Å²) in [5.74, 6) is -0.00463. The molecule has 34 heavy (non-hydrogen) atoms. The Hall–Kier alpha value is -3.48. The molecule has 1 amide bonds. The largest absolute Gasteiger partial charge is 0.337 e. The summed E-state index contributed by atoms with van der Waals surface area (Å²) >= 11 is 3.11. The van der Waals surface area contributed by atoms with E-state index in [9.17, 15) is 4.79 Å². The fourth-order valence-corrected chi connectivity index (χ4v) is 6.57. The Kier molecular flexibility index (Phi) is 5.40. The summed E-state index contributed by atoms with van der Waals surface area (Å²) < 4.78 is 0. The Balaban J connectivity index is 1.45. The normalized spacial score (nSPS) is 18.9. The van der Waals surface area contributed by atoms with Crippen molar-refractivity contribution in [3.63, 3.8) is 0 Å². The van der Waals surface area contributed by atoms with Gasteiger partial charge in [-0.1, -0.05) is 90.6 Å². The van der Waals surface area contributed by atoms with Crippen LogP contribution in [0.2, 0.25) is 0 Å². The lowest BCUT2D eigenvalue weighted by atomic mass is 10.1. The van der Waals surface area contributed by atoms with Crippen molar-refractivity contribution in [1.82, 2.24) is 4.90 Å². The van der Waals surface area contributed by atoms with Gasteiger partial charge in [0, 0.05) is 17.3 Å². The molecule has 166 valence electrons. The molecule has 0 aromatic heterocycles. The number of para-hydroxylation sites is 1. The van der Waals surface area contributed by atoms with Crippen molar-refractivity contribution in [2.24, 2.45) is 4.99 Å². The summed E-state index contributed by atoms with van der Waals surface area (Å²) in [6, 6.07) is 32.7. The van der Waals surface area contributed by atoms with Gasteiger partial charge in [0.25, 0.3) is 5.91 Å². The summed E-state index contributed by atoms with van der Waals surface area (Å²) in [7, 11) is 2.02. The summed E-state index contributed by atoms with van der Waals surface area (Å²) in [6.45, 7) is 0.481. The van der Waals surface area contributed by atoms with Crippen LogP contribution in [0.15, 0.2) is 117 Å². The molecule has 0 saturated carbocycles. The van der Waals surface area contributed by atoms with Crippen molar-refractivity contribution in [3.05, 3.63) is 113 Å². The van der Waals surface area contributed by atoms with Crippen LogP contribution in [-0.4, -0.2) is 23.0 Å². The van der Waals surface area contributed by atoms with Crippen LogP contribution in [0.4, 0.5) is 11.4 Å². The molecule has 2 heterocycles. The minimum Gasteiger partial charge on any atom is -0.337 e. The molecule has 0 spiro atoms. The Labute approximate surface area is 207 Å². The van der Waals surface area contributed by atoms with Crippen molar-refractivity contribution in [2.45, 2.75) is 11.4 Å². The molecule has 0 N–H and O–H groups in total. The number of fused-ring (bicyclic) bond motifs is 2. The average molecular weight is 480 g/mol. The van der Waals surface area contributed by atoms with Crippen LogP contribution in [-0.2, 0) is 11.3 Å².